The van der Waals surface area contributed by atoms with Crippen molar-refractivity contribution in [1.82, 2.24) is 5.32 Å². The van der Waals surface area contributed by atoms with Crippen LogP contribution in [0.3, 0.4) is 0 Å². The largest absolute Gasteiger partial charge is 0.493 e. The molecule has 0 amide bonds. The van der Waals surface area contributed by atoms with Crippen LogP contribution in [0.2, 0.25) is 0 Å². The highest BCUT2D eigenvalue weighted by Gasteiger charge is 2.14. The molecule has 2 nitrogen and oxygen atoms in total. The standard InChI is InChI=1S/C17H27NO/c1-13(2)6-4-5-10-18-14(3)15-7-8-17-16(12-15)9-11-19-17/h7-8,12-14,18H,4-6,9-11H2,1-3H3. The summed E-state index contributed by atoms with van der Waals surface area (Å²) in [4.78, 5) is 0. The van der Waals surface area contributed by atoms with E-state index in [1.807, 2.05) is 0 Å². The maximum Gasteiger partial charge on any atom is 0.122 e. The lowest BCUT2D eigenvalue weighted by Crippen LogP contribution is -2.20. The lowest BCUT2D eigenvalue weighted by Gasteiger charge is -2.15. The molecule has 2 heteroatoms. The second-order valence-corrected chi connectivity index (χ2v) is 6.03. The van der Waals surface area contributed by atoms with Crippen molar-refractivity contribution < 1.29 is 4.74 Å². The van der Waals surface area contributed by atoms with Crippen LogP contribution >= 0.6 is 0 Å². The minimum absolute atomic E-state index is 0.435. The van der Waals surface area contributed by atoms with Crippen molar-refractivity contribution in [3.63, 3.8) is 0 Å². The molecule has 106 valence electrons. The molecular formula is C17H27NO. The molecule has 0 saturated carbocycles. The van der Waals surface area contributed by atoms with Gasteiger partial charge in [0.15, 0.2) is 0 Å². The lowest BCUT2D eigenvalue weighted by atomic mass is 10.0. The van der Waals surface area contributed by atoms with Crippen molar-refractivity contribution in [2.75, 3.05) is 13.2 Å². The predicted octanol–water partition coefficient (Wildman–Crippen LogP) is 4.10. The summed E-state index contributed by atoms with van der Waals surface area (Å²) in [5.41, 5.74) is 2.75. The molecule has 0 spiro atoms. The van der Waals surface area contributed by atoms with Crippen molar-refractivity contribution in [2.24, 2.45) is 5.92 Å². The smallest absolute Gasteiger partial charge is 0.122 e. The highest BCUT2D eigenvalue weighted by Crippen LogP contribution is 2.28. The summed E-state index contributed by atoms with van der Waals surface area (Å²) >= 11 is 0. The van der Waals surface area contributed by atoms with E-state index in [0.717, 1.165) is 31.2 Å². The summed E-state index contributed by atoms with van der Waals surface area (Å²) in [6.07, 6.45) is 5.00. The van der Waals surface area contributed by atoms with Crippen molar-refractivity contribution in [1.29, 1.82) is 0 Å². The SMILES string of the molecule is CC(C)CCCCNC(C)c1ccc2c(c1)CCO2. The molecule has 1 aliphatic rings. The third-order valence-corrected chi connectivity index (χ3v) is 3.87. The van der Waals surface area contributed by atoms with Gasteiger partial charge in [-0.05, 0) is 43.0 Å². The minimum Gasteiger partial charge on any atom is -0.493 e. The Bertz CT molecular complexity index is 400. The van der Waals surface area contributed by atoms with Crippen LogP contribution in [0.15, 0.2) is 18.2 Å². The van der Waals surface area contributed by atoms with E-state index < -0.39 is 0 Å². The monoisotopic (exact) mass is 261 g/mol. The molecule has 19 heavy (non-hydrogen) atoms. The van der Waals surface area contributed by atoms with Gasteiger partial charge in [-0.15, -0.1) is 0 Å². The first-order valence-corrected chi connectivity index (χ1v) is 7.66. The Balaban J connectivity index is 1.75. The van der Waals surface area contributed by atoms with E-state index in [-0.39, 0.29) is 0 Å². The summed E-state index contributed by atoms with van der Waals surface area (Å²) in [5, 5.41) is 3.62. The summed E-state index contributed by atoms with van der Waals surface area (Å²) < 4.78 is 5.55. The Hall–Kier alpha value is -1.02. The van der Waals surface area contributed by atoms with E-state index in [1.165, 1.54) is 30.4 Å². The van der Waals surface area contributed by atoms with Gasteiger partial charge in [-0.2, -0.15) is 0 Å². The van der Waals surface area contributed by atoms with Crippen LogP contribution in [0, 0.1) is 5.92 Å². The summed E-state index contributed by atoms with van der Waals surface area (Å²) in [7, 11) is 0. The second-order valence-electron chi connectivity index (χ2n) is 6.03. The third-order valence-electron chi connectivity index (χ3n) is 3.87. The van der Waals surface area contributed by atoms with Gasteiger partial charge in [-0.1, -0.05) is 38.8 Å². The van der Waals surface area contributed by atoms with Gasteiger partial charge < -0.3 is 10.1 Å². The zero-order chi connectivity index (χ0) is 13.7. The molecule has 1 atom stereocenters. The van der Waals surface area contributed by atoms with Crippen LogP contribution in [0.25, 0.3) is 0 Å². The predicted molar refractivity (Wildman–Crippen MR) is 80.7 cm³/mol. The quantitative estimate of drug-likeness (QED) is 0.746. The highest BCUT2D eigenvalue weighted by atomic mass is 16.5. The summed E-state index contributed by atoms with van der Waals surface area (Å²) in [5.74, 6) is 1.90. The van der Waals surface area contributed by atoms with E-state index in [4.69, 9.17) is 4.74 Å². The van der Waals surface area contributed by atoms with E-state index in [0.29, 0.717) is 6.04 Å². The van der Waals surface area contributed by atoms with Crippen LogP contribution in [0.5, 0.6) is 5.75 Å². The molecule has 1 unspecified atom stereocenters. The van der Waals surface area contributed by atoms with Crippen molar-refractivity contribution >= 4 is 0 Å². The van der Waals surface area contributed by atoms with Crippen LogP contribution in [0.4, 0.5) is 0 Å². The average Bonchev–Trinajstić information content (AvgIpc) is 2.84. The number of ether oxygens (including phenoxy) is 1. The molecule has 0 saturated heterocycles. The molecule has 1 aromatic rings. The number of benzene rings is 1. The average molecular weight is 261 g/mol. The number of hydrogen-bond acceptors (Lipinski definition) is 2. The van der Waals surface area contributed by atoms with Gasteiger partial charge >= 0.3 is 0 Å². The minimum atomic E-state index is 0.435. The van der Waals surface area contributed by atoms with Crippen LogP contribution in [-0.4, -0.2) is 13.2 Å². The van der Waals surface area contributed by atoms with E-state index in [2.05, 4.69) is 44.3 Å². The number of fused-ring (bicyclic) bond motifs is 1. The fraction of sp³-hybridized carbons (Fsp3) is 0.647. The zero-order valence-corrected chi connectivity index (χ0v) is 12.5. The Morgan fingerprint density at radius 3 is 2.84 bits per heavy atom. The molecule has 1 aliphatic heterocycles. The molecule has 0 aromatic heterocycles. The van der Waals surface area contributed by atoms with Gasteiger partial charge in [-0.3, -0.25) is 0 Å². The molecule has 1 N–H and O–H groups in total. The molecule has 0 bridgehead atoms. The molecule has 0 radical (unpaired) electrons. The van der Waals surface area contributed by atoms with Gasteiger partial charge in [0.25, 0.3) is 0 Å². The van der Waals surface area contributed by atoms with Gasteiger partial charge in [-0.25, -0.2) is 0 Å². The van der Waals surface area contributed by atoms with E-state index >= 15 is 0 Å². The highest BCUT2D eigenvalue weighted by molar-refractivity contribution is 5.40. The molecule has 1 aromatic carbocycles. The fourth-order valence-corrected chi connectivity index (χ4v) is 2.59. The summed E-state index contributed by atoms with van der Waals surface area (Å²) in [6.45, 7) is 8.79. The van der Waals surface area contributed by atoms with Crippen molar-refractivity contribution in [3.8, 4) is 5.75 Å². The first kappa shape index (κ1) is 14.4. The number of hydrogen-bond donors (Lipinski definition) is 1. The first-order chi connectivity index (χ1) is 9.16. The number of rotatable bonds is 7. The Morgan fingerprint density at radius 1 is 1.21 bits per heavy atom. The van der Waals surface area contributed by atoms with E-state index in [1.54, 1.807) is 0 Å². The Kier molecular flexibility index (Phi) is 5.26. The molecule has 1 heterocycles. The molecule has 0 fully saturated rings. The number of unbranched alkanes of at least 4 members (excludes halogenated alkanes) is 1. The summed E-state index contributed by atoms with van der Waals surface area (Å²) in [6, 6.07) is 7.04. The zero-order valence-electron chi connectivity index (χ0n) is 12.5. The second kappa shape index (κ2) is 6.95. The Labute approximate surface area is 117 Å². The maximum absolute atomic E-state index is 5.55. The van der Waals surface area contributed by atoms with Crippen molar-refractivity contribution in [2.45, 2.75) is 52.5 Å². The topological polar surface area (TPSA) is 21.3 Å². The molecule has 2 rings (SSSR count). The first-order valence-electron chi connectivity index (χ1n) is 7.66. The van der Waals surface area contributed by atoms with Crippen molar-refractivity contribution in [3.05, 3.63) is 29.3 Å². The van der Waals surface area contributed by atoms with Gasteiger partial charge in [0, 0.05) is 12.5 Å². The lowest BCUT2D eigenvalue weighted by molar-refractivity contribution is 0.356. The molecule has 0 aliphatic carbocycles. The van der Waals surface area contributed by atoms with E-state index in [9.17, 15) is 0 Å². The van der Waals surface area contributed by atoms with Gasteiger partial charge in [0.1, 0.15) is 5.75 Å². The number of nitrogens with one attached hydrogen (secondary N) is 1. The van der Waals surface area contributed by atoms with Gasteiger partial charge in [0.2, 0.25) is 0 Å². The van der Waals surface area contributed by atoms with Crippen LogP contribution in [0.1, 0.15) is 57.2 Å². The van der Waals surface area contributed by atoms with Crippen LogP contribution in [-0.2, 0) is 6.42 Å². The molecular weight excluding hydrogens is 234 g/mol. The van der Waals surface area contributed by atoms with Crippen LogP contribution < -0.4 is 10.1 Å². The Morgan fingerprint density at radius 2 is 2.05 bits per heavy atom. The normalized spacial score (nSPS) is 15.4. The maximum atomic E-state index is 5.55. The third kappa shape index (κ3) is 4.24. The fourth-order valence-electron chi connectivity index (χ4n) is 2.59. The van der Waals surface area contributed by atoms with Gasteiger partial charge in [0.05, 0.1) is 6.61 Å².